The molecular formula is C22H23N3O2. The normalized spacial score (nSPS) is 14.8. The summed E-state index contributed by atoms with van der Waals surface area (Å²) >= 11 is 0. The first-order valence-electron chi connectivity index (χ1n) is 9.35. The van der Waals surface area contributed by atoms with Crippen LogP contribution < -0.4 is 4.74 Å². The highest BCUT2D eigenvalue weighted by atomic mass is 16.5. The van der Waals surface area contributed by atoms with E-state index in [2.05, 4.69) is 51.4 Å². The summed E-state index contributed by atoms with van der Waals surface area (Å²) in [6, 6.07) is 18.3. The molecule has 1 aliphatic heterocycles. The van der Waals surface area contributed by atoms with E-state index in [9.17, 15) is 0 Å². The maximum Gasteiger partial charge on any atom is 0.241 e. The SMILES string of the molecule is CCOc1ccccc1-c1noc(CN2CC=C(c3ccccc3)CC2)n1. The molecule has 0 unspecified atom stereocenters. The highest BCUT2D eigenvalue weighted by molar-refractivity contribution is 5.66. The summed E-state index contributed by atoms with van der Waals surface area (Å²) in [5, 5.41) is 4.15. The fraction of sp³-hybridized carbons (Fsp3) is 0.273. The predicted octanol–water partition coefficient (Wildman–Crippen LogP) is 4.42. The number of aromatic nitrogens is 2. The van der Waals surface area contributed by atoms with Crippen molar-refractivity contribution in [3.05, 3.63) is 72.1 Å². The summed E-state index contributed by atoms with van der Waals surface area (Å²) in [6.07, 6.45) is 3.32. The van der Waals surface area contributed by atoms with Gasteiger partial charge in [-0.1, -0.05) is 53.7 Å². The van der Waals surface area contributed by atoms with Gasteiger partial charge in [0.2, 0.25) is 11.7 Å². The predicted molar refractivity (Wildman–Crippen MR) is 105 cm³/mol. The van der Waals surface area contributed by atoms with Gasteiger partial charge in [0, 0.05) is 13.1 Å². The van der Waals surface area contributed by atoms with Gasteiger partial charge in [-0.25, -0.2) is 0 Å². The largest absolute Gasteiger partial charge is 0.493 e. The van der Waals surface area contributed by atoms with Crippen LogP contribution in [-0.2, 0) is 6.54 Å². The molecule has 1 aromatic heterocycles. The number of para-hydroxylation sites is 1. The zero-order chi connectivity index (χ0) is 18.5. The fourth-order valence-electron chi connectivity index (χ4n) is 3.32. The van der Waals surface area contributed by atoms with E-state index in [-0.39, 0.29) is 0 Å². The van der Waals surface area contributed by atoms with E-state index in [1.165, 1.54) is 11.1 Å². The number of ether oxygens (including phenoxy) is 1. The number of hydrogen-bond acceptors (Lipinski definition) is 5. The van der Waals surface area contributed by atoms with Gasteiger partial charge in [0.15, 0.2) is 0 Å². The molecule has 2 aromatic carbocycles. The first-order valence-corrected chi connectivity index (χ1v) is 9.35. The van der Waals surface area contributed by atoms with Crippen molar-refractivity contribution in [1.82, 2.24) is 15.0 Å². The van der Waals surface area contributed by atoms with Crippen molar-refractivity contribution in [2.45, 2.75) is 19.9 Å². The Morgan fingerprint density at radius 1 is 1.07 bits per heavy atom. The molecule has 0 aliphatic carbocycles. The topological polar surface area (TPSA) is 51.4 Å². The average molecular weight is 361 g/mol. The Bertz CT molecular complexity index is 918. The summed E-state index contributed by atoms with van der Waals surface area (Å²) in [6.45, 7) is 5.09. The monoisotopic (exact) mass is 361 g/mol. The van der Waals surface area contributed by atoms with E-state index in [0.717, 1.165) is 30.8 Å². The molecule has 2 heterocycles. The molecule has 4 rings (SSSR count). The third-order valence-corrected chi connectivity index (χ3v) is 4.69. The second-order valence-electron chi connectivity index (χ2n) is 6.52. The Labute approximate surface area is 159 Å². The molecule has 0 atom stereocenters. The van der Waals surface area contributed by atoms with Crippen molar-refractivity contribution in [3.63, 3.8) is 0 Å². The maximum atomic E-state index is 5.66. The van der Waals surface area contributed by atoms with Crippen LogP contribution in [0.2, 0.25) is 0 Å². The second kappa shape index (κ2) is 8.18. The molecule has 138 valence electrons. The Morgan fingerprint density at radius 3 is 2.67 bits per heavy atom. The van der Waals surface area contributed by atoms with Crippen LogP contribution in [0.5, 0.6) is 5.75 Å². The standard InChI is InChI=1S/C22H23N3O2/c1-2-26-20-11-7-6-10-19(20)22-23-21(27-24-22)16-25-14-12-18(13-15-25)17-8-4-3-5-9-17/h3-12H,2,13-16H2,1H3. The molecule has 0 spiro atoms. The zero-order valence-electron chi connectivity index (χ0n) is 15.5. The van der Waals surface area contributed by atoms with Gasteiger partial charge in [-0.2, -0.15) is 4.98 Å². The molecule has 5 heteroatoms. The number of rotatable bonds is 6. The van der Waals surface area contributed by atoms with E-state index in [1.807, 2.05) is 31.2 Å². The Kier molecular flexibility index (Phi) is 5.30. The fourth-order valence-corrected chi connectivity index (χ4v) is 3.32. The molecule has 0 bridgehead atoms. The summed E-state index contributed by atoms with van der Waals surface area (Å²) < 4.78 is 11.2. The molecule has 0 radical (unpaired) electrons. The maximum absolute atomic E-state index is 5.66. The van der Waals surface area contributed by atoms with Crippen LogP contribution in [-0.4, -0.2) is 34.7 Å². The summed E-state index contributed by atoms with van der Waals surface area (Å²) in [5.41, 5.74) is 3.58. The van der Waals surface area contributed by atoms with Crippen LogP contribution in [0.1, 0.15) is 24.8 Å². The van der Waals surface area contributed by atoms with Gasteiger partial charge >= 0.3 is 0 Å². The minimum absolute atomic E-state index is 0.576. The molecule has 5 nitrogen and oxygen atoms in total. The molecule has 1 aliphatic rings. The Balaban J connectivity index is 1.43. The average Bonchev–Trinajstić information content (AvgIpc) is 3.18. The highest BCUT2D eigenvalue weighted by Crippen LogP contribution is 2.28. The molecule has 0 N–H and O–H groups in total. The van der Waals surface area contributed by atoms with Crippen LogP contribution in [0.25, 0.3) is 17.0 Å². The first kappa shape index (κ1) is 17.5. The van der Waals surface area contributed by atoms with Crippen molar-refractivity contribution < 1.29 is 9.26 Å². The van der Waals surface area contributed by atoms with Gasteiger partial charge in [-0.05, 0) is 36.6 Å². The van der Waals surface area contributed by atoms with Gasteiger partial charge in [0.25, 0.3) is 0 Å². The molecular weight excluding hydrogens is 338 g/mol. The molecule has 27 heavy (non-hydrogen) atoms. The molecule has 0 saturated carbocycles. The van der Waals surface area contributed by atoms with Crippen molar-refractivity contribution in [3.8, 4) is 17.1 Å². The number of nitrogens with zero attached hydrogens (tertiary/aromatic N) is 3. The highest BCUT2D eigenvalue weighted by Gasteiger charge is 2.18. The smallest absolute Gasteiger partial charge is 0.241 e. The minimum atomic E-state index is 0.576. The van der Waals surface area contributed by atoms with Gasteiger partial charge in [0.1, 0.15) is 5.75 Å². The minimum Gasteiger partial charge on any atom is -0.493 e. The summed E-state index contributed by atoms with van der Waals surface area (Å²) in [4.78, 5) is 6.89. The van der Waals surface area contributed by atoms with Crippen LogP contribution in [0.15, 0.2) is 65.2 Å². The van der Waals surface area contributed by atoms with Crippen LogP contribution in [0, 0.1) is 0 Å². The van der Waals surface area contributed by atoms with Crippen LogP contribution >= 0.6 is 0 Å². The van der Waals surface area contributed by atoms with Crippen LogP contribution in [0.3, 0.4) is 0 Å². The summed E-state index contributed by atoms with van der Waals surface area (Å²) in [5.74, 6) is 1.99. The van der Waals surface area contributed by atoms with Crippen molar-refractivity contribution >= 4 is 5.57 Å². The second-order valence-corrected chi connectivity index (χ2v) is 6.52. The summed E-state index contributed by atoms with van der Waals surface area (Å²) in [7, 11) is 0. The molecule has 3 aromatic rings. The lowest BCUT2D eigenvalue weighted by Gasteiger charge is -2.24. The van der Waals surface area contributed by atoms with Crippen LogP contribution in [0.4, 0.5) is 0 Å². The zero-order valence-corrected chi connectivity index (χ0v) is 15.5. The Morgan fingerprint density at radius 2 is 1.89 bits per heavy atom. The lowest BCUT2D eigenvalue weighted by molar-refractivity contribution is 0.245. The number of benzene rings is 2. The van der Waals surface area contributed by atoms with Crippen molar-refractivity contribution in [2.75, 3.05) is 19.7 Å². The lowest BCUT2D eigenvalue weighted by atomic mass is 10.00. The first-order chi connectivity index (χ1) is 13.3. The van der Waals surface area contributed by atoms with E-state index in [0.29, 0.717) is 24.9 Å². The molecule has 0 saturated heterocycles. The van der Waals surface area contributed by atoms with Gasteiger partial charge in [-0.3, -0.25) is 4.90 Å². The Hall–Kier alpha value is -2.92. The van der Waals surface area contributed by atoms with E-state index in [4.69, 9.17) is 9.26 Å². The van der Waals surface area contributed by atoms with Gasteiger partial charge in [-0.15, -0.1) is 0 Å². The molecule has 0 amide bonds. The third-order valence-electron chi connectivity index (χ3n) is 4.69. The number of hydrogen-bond donors (Lipinski definition) is 0. The lowest BCUT2D eigenvalue weighted by Crippen LogP contribution is -2.28. The van der Waals surface area contributed by atoms with E-state index < -0.39 is 0 Å². The molecule has 0 fully saturated rings. The van der Waals surface area contributed by atoms with Crippen molar-refractivity contribution in [1.29, 1.82) is 0 Å². The van der Waals surface area contributed by atoms with E-state index >= 15 is 0 Å². The third kappa shape index (κ3) is 4.09. The van der Waals surface area contributed by atoms with Gasteiger partial charge in [0.05, 0.1) is 18.7 Å². The van der Waals surface area contributed by atoms with E-state index in [1.54, 1.807) is 0 Å². The van der Waals surface area contributed by atoms with Crippen molar-refractivity contribution in [2.24, 2.45) is 0 Å². The quantitative estimate of drug-likeness (QED) is 0.650. The van der Waals surface area contributed by atoms with Gasteiger partial charge < -0.3 is 9.26 Å².